The maximum absolute atomic E-state index is 9.56. The molecule has 0 aliphatic heterocycles. The average Bonchev–Trinajstić information content (AvgIpc) is 2.43. The molecule has 0 bridgehead atoms. The Bertz CT molecular complexity index is 329. The van der Waals surface area contributed by atoms with Crippen LogP contribution < -0.4 is 5.32 Å². The lowest BCUT2D eigenvalue weighted by atomic mass is 9.93. The van der Waals surface area contributed by atoms with Crippen molar-refractivity contribution >= 4 is 0 Å². The first-order valence-electron chi connectivity index (χ1n) is 6.69. The summed E-state index contributed by atoms with van der Waals surface area (Å²) < 4.78 is 0. The molecule has 1 aromatic rings. The minimum atomic E-state index is -0.334. The van der Waals surface area contributed by atoms with Gasteiger partial charge in [-0.25, -0.2) is 0 Å². The van der Waals surface area contributed by atoms with Gasteiger partial charge in [-0.15, -0.1) is 0 Å². The van der Waals surface area contributed by atoms with Gasteiger partial charge < -0.3 is 15.5 Å². The molecule has 2 atom stereocenters. The summed E-state index contributed by atoms with van der Waals surface area (Å²) >= 11 is 0. The van der Waals surface area contributed by atoms with E-state index in [1.54, 1.807) is 0 Å². The molecule has 0 saturated carbocycles. The highest BCUT2D eigenvalue weighted by Crippen LogP contribution is 2.20. The van der Waals surface area contributed by atoms with E-state index in [0.29, 0.717) is 0 Å². The van der Waals surface area contributed by atoms with E-state index in [0.717, 1.165) is 24.8 Å². The van der Waals surface area contributed by atoms with Gasteiger partial charge in [0.05, 0.1) is 19.3 Å². The molecular weight excluding hydrogens is 226 g/mol. The van der Waals surface area contributed by atoms with Crippen molar-refractivity contribution in [2.24, 2.45) is 0 Å². The molecule has 0 radical (unpaired) electrons. The molecule has 0 amide bonds. The molecule has 1 aromatic carbocycles. The second-order valence-electron chi connectivity index (χ2n) is 5.11. The smallest absolute Gasteiger partial charge is 0.0626 e. The van der Waals surface area contributed by atoms with Crippen LogP contribution in [0.25, 0.3) is 0 Å². The number of hydrogen-bond donors (Lipinski definition) is 3. The van der Waals surface area contributed by atoms with Crippen molar-refractivity contribution in [1.29, 1.82) is 0 Å². The first-order valence-corrected chi connectivity index (χ1v) is 6.69. The quantitative estimate of drug-likeness (QED) is 0.664. The maximum Gasteiger partial charge on any atom is 0.0626 e. The summed E-state index contributed by atoms with van der Waals surface area (Å²) in [6, 6.07) is 9.74. The molecule has 3 N–H and O–H groups in total. The standard InChI is InChI=1S/C15H25NO2/c1-3-4-10-15(2,12-18)16-14(11-17)13-8-6-5-7-9-13/h5-9,14,16-18H,3-4,10-12H2,1-2H3/t14?,15-/m1/s1. The van der Waals surface area contributed by atoms with Crippen molar-refractivity contribution in [3.63, 3.8) is 0 Å². The van der Waals surface area contributed by atoms with Crippen LogP contribution >= 0.6 is 0 Å². The molecule has 0 aliphatic rings. The zero-order chi connectivity index (χ0) is 13.4. The topological polar surface area (TPSA) is 52.5 Å². The Labute approximate surface area is 110 Å². The Hall–Kier alpha value is -0.900. The van der Waals surface area contributed by atoms with Gasteiger partial charge in [0.25, 0.3) is 0 Å². The monoisotopic (exact) mass is 251 g/mol. The summed E-state index contributed by atoms with van der Waals surface area (Å²) in [7, 11) is 0. The van der Waals surface area contributed by atoms with E-state index in [-0.39, 0.29) is 24.8 Å². The molecule has 1 unspecified atom stereocenters. The van der Waals surface area contributed by atoms with Crippen molar-refractivity contribution in [3.05, 3.63) is 35.9 Å². The Kier molecular flexibility index (Phi) is 6.33. The fourth-order valence-electron chi connectivity index (χ4n) is 2.10. The molecule has 0 fully saturated rings. The number of nitrogens with one attached hydrogen (secondary N) is 1. The summed E-state index contributed by atoms with van der Waals surface area (Å²) in [4.78, 5) is 0. The highest BCUT2D eigenvalue weighted by molar-refractivity contribution is 5.19. The summed E-state index contributed by atoms with van der Waals surface area (Å²) in [5.41, 5.74) is 0.718. The molecule has 0 heterocycles. The number of unbranched alkanes of at least 4 members (excludes halogenated alkanes) is 1. The summed E-state index contributed by atoms with van der Waals surface area (Å²) in [5.74, 6) is 0. The summed E-state index contributed by atoms with van der Waals surface area (Å²) in [5, 5.41) is 22.5. The molecule has 0 aliphatic carbocycles. The van der Waals surface area contributed by atoms with Crippen LogP contribution in [-0.4, -0.2) is 29.0 Å². The van der Waals surface area contributed by atoms with Gasteiger partial charge in [-0.1, -0.05) is 50.1 Å². The number of aliphatic hydroxyl groups excluding tert-OH is 2. The average molecular weight is 251 g/mol. The van der Waals surface area contributed by atoms with E-state index in [4.69, 9.17) is 0 Å². The first-order chi connectivity index (χ1) is 8.65. The number of aliphatic hydroxyl groups is 2. The molecule has 3 nitrogen and oxygen atoms in total. The van der Waals surface area contributed by atoms with E-state index < -0.39 is 0 Å². The van der Waals surface area contributed by atoms with Gasteiger partial charge in [-0.2, -0.15) is 0 Å². The Morgan fingerprint density at radius 1 is 1.22 bits per heavy atom. The van der Waals surface area contributed by atoms with Gasteiger partial charge in [-0.3, -0.25) is 0 Å². The predicted octanol–water partition coefficient (Wildman–Crippen LogP) is 2.25. The van der Waals surface area contributed by atoms with Gasteiger partial charge >= 0.3 is 0 Å². The third-order valence-corrected chi connectivity index (χ3v) is 3.34. The molecule has 0 saturated heterocycles. The summed E-state index contributed by atoms with van der Waals surface area (Å²) in [6.07, 6.45) is 3.08. The molecule has 102 valence electrons. The van der Waals surface area contributed by atoms with Crippen LogP contribution in [-0.2, 0) is 0 Å². The van der Waals surface area contributed by atoms with Gasteiger partial charge in [0.15, 0.2) is 0 Å². The van der Waals surface area contributed by atoms with Crippen LogP contribution in [0.5, 0.6) is 0 Å². The van der Waals surface area contributed by atoms with Crippen LogP contribution in [0.1, 0.15) is 44.7 Å². The van der Waals surface area contributed by atoms with Gasteiger partial charge in [0.2, 0.25) is 0 Å². The molecule has 0 spiro atoms. The highest BCUT2D eigenvalue weighted by Gasteiger charge is 2.26. The van der Waals surface area contributed by atoms with Crippen molar-refractivity contribution in [2.75, 3.05) is 13.2 Å². The van der Waals surface area contributed by atoms with Crippen molar-refractivity contribution in [3.8, 4) is 0 Å². The lowest BCUT2D eigenvalue weighted by Gasteiger charge is -2.33. The lowest BCUT2D eigenvalue weighted by molar-refractivity contribution is 0.129. The fourth-order valence-corrected chi connectivity index (χ4v) is 2.10. The van der Waals surface area contributed by atoms with Crippen LogP contribution in [0, 0.1) is 0 Å². The van der Waals surface area contributed by atoms with Crippen LogP contribution in [0.3, 0.4) is 0 Å². The van der Waals surface area contributed by atoms with Crippen LogP contribution in [0.15, 0.2) is 30.3 Å². The number of hydrogen-bond acceptors (Lipinski definition) is 3. The SMILES string of the molecule is CCCC[C@](C)(CO)NC(CO)c1ccccc1. The number of rotatable bonds is 8. The maximum atomic E-state index is 9.56. The van der Waals surface area contributed by atoms with E-state index in [9.17, 15) is 10.2 Å². The van der Waals surface area contributed by atoms with Gasteiger partial charge in [0.1, 0.15) is 0 Å². The van der Waals surface area contributed by atoms with Crippen LogP contribution in [0.4, 0.5) is 0 Å². The second kappa shape index (κ2) is 7.52. The predicted molar refractivity (Wildman–Crippen MR) is 74.4 cm³/mol. The zero-order valence-corrected chi connectivity index (χ0v) is 11.4. The fraction of sp³-hybridized carbons (Fsp3) is 0.600. The van der Waals surface area contributed by atoms with E-state index in [1.807, 2.05) is 37.3 Å². The Morgan fingerprint density at radius 2 is 1.89 bits per heavy atom. The molecule has 18 heavy (non-hydrogen) atoms. The van der Waals surface area contributed by atoms with Crippen molar-refractivity contribution in [1.82, 2.24) is 5.32 Å². The zero-order valence-electron chi connectivity index (χ0n) is 11.4. The number of benzene rings is 1. The van der Waals surface area contributed by atoms with Gasteiger partial charge in [-0.05, 0) is 18.9 Å². The van der Waals surface area contributed by atoms with Gasteiger partial charge in [0, 0.05) is 5.54 Å². The second-order valence-corrected chi connectivity index (χ2v) is 5.11. The van der Waals surface area contributed by atoms with Crippen molar-refractivity contribution < 1.29 is 10.2 Å². The minimum Gasteiger partial charge on any atom is -0.394 e. The third-order valence-electron chi connectivity index (χ3n) is 3.34. The van der Waals surface area contributed by atoms with E-state index in [1.165, 1.54) is 0 Å². The normalized spacial score (nSPS) is 16.2. The minimum absolute atomic E-state index is 0.0335. The lowest BCUT2D eigenvalue weighted by Crippen LogP contribution is -2.48. The Balaban J connectivity index is 2.71. The van der Waals surface area contributed by atoms with Crippen LogP contribution in [0.2, 0.25) is 0 Å². The molecule has 0 aromatic heterocycles. The summed E-state index contributed by atoms with van der Waals surface area (Å²) in [6.45, 7) is 4.26. The Morgan fingerprint density at radius 3 is 2.39 bits per heavy atom. The first kappa shape index (κ1) is 15.2. The van der Waals surface area contributed by atoms with E-state index >= 15 is 0 Å². The molecule has 1 rings (SSSR count). The van der Waals surface area contributed by atoms with E-state index in [2.05, 4.69) is 12.2 Å². The molecule has 3 heteroatoms. The van der Waals surface area contributed by atoms with Crippen molar-refractivity contribution in [2.45, 2.75) is 44.7 Å². The molecular formula is C15H25NO2. The third kappa shape index (κ3) is 4.41. The highest BCUT2D eigenvalue weighted by atomic mass is 16.3. The largest absolute Gasteiger partial charge is 0.394 e.